The number of rotatable bonds is 3. The first-order valence-electron chi connectivity index (χ1n) is 5.18. The minimum absolute atomic E-state index is 0.465. The Kier molecular flexibility index (Phi) is 3.40. The minimum Gasteiger partial charge on any atom is -0.481 e. The number of nitrogens with one attached hydrogen (secondary N) is 1. The number of benzene rings is 1. The first-order valence-corrected chi connectivity index (χ1v) is 5.56. The number of methoxy groups -OCH3 is 1. The predicted molar refractivity (Wildman–Crippen MR) is 69.2 cm³/mol. The molecule has 1 heterocycles. The molecule has 0 spiro atoms. The van der Waals surface area contributed by atoms with E-state index in [1.165, 1.54) is 0 Å². The summed E-state index contributed by atoms with van der Waals surface area (Å²) in [5.41, 5.74) is 1.12. The van der Waals surface area contributed by atoms with E-state index in [0.29, 0.717) is 28.0 Å². The Bertz CT molecular complexity index is 615. The predicted octanol–water partition coefficient (Wildman–Crippen LogP) is 2.70. The summed E-state index contributed by atoms with van der Waals surface area (Å²) in [6.45, 7) is 0. The van der Waals surface area contributed by atoms with Gasteiger partial charge in [0.25, 0.3) is 0 Å². The zero-order valence-corrected chi connectivity index (χ0v) is 10.7. The van der Waals surface area contributed by atoms with Crippen molar-refractivity contribution in [3.05, 3.63) is 34.9 Å². The highest BCUT2D eigenvalue weighted by atomic mass is 35.5. The van der Waals surface area contributed by atoms with E-state index < -0.39 is 0 Å². The summed E-state index contributed by atoms with van der Waals surface area (Å²) in [4.78, 5) is 0. The molecule has 5 nitrogen and oxygen atoms in total. The summed E-state index contributed by atoms with van der Waals surface area (Å²) in [7, 11) is 3.35. The van der Waals surface area contributed by atoms with Crippen molar-refractivity contribution in [3.63, 3.8) is 0 Å². The highest BCUT2D eigenvalue weighted by Gasteiger charge is 2.08. The summed E-state index contributed by atoms with van der Waals surface area (Å²) in [5.74, 6) is 1.23. The van der Waals surface area contributed by atoms with Crippen LogP contribution in [0.3, 0.4) is 0 Å². The number of aromatic nitrogens is 2. The van der Waals surface area contributed by atoms with Gasteiger partial charge in [-0.2, -0.15) is 10.4 Å². The van der Waals surface area contributed by atoms with Gasteiger partial charge in [0, 0.05) is 18.1 Å². The highest BCUT2D eigenvalue weighted by Crippen LogP contribution is 2.24. The van der Waals surface area contributed by atoms with Crippen LogP contribution in [0.25, 0.3) is 0 Å². The molecule has 1 aromatic carbocycles. The topological polar surface area (TPSA) is 62.9 Å². The number of aryl methyl sites for hydroxylation is 1. The number of halogens is 1. The van der Waals surface area contributed by atoms with Gasteiger partial charge in [-0.15, -0.1) is 0 Å². The molecule has 0 aliphatic carbocycles. The fourth-order valence-corrected chi connectivity index (χ4v) is 1.73. The molecule has 1 N–H and O–H groups in total. The van der Waals surface area contributed by atoms with Gasteiger partial charge in [-0.25, -0.2) is 4.68 Å². The van der Waals surface area contributed by atoms with Gasteiger partial charge < -0.3 is 10.1 Å². The Morgan fingerprint density at radius 3 is 2.83 bits per heavy atom. The molecule has 0 aliphatic heterocycles. The van der Waals surface area contributed by atoms with Crippen LogP contribution in [-0.4, -0.2) is 16.9 Å². The molecule has 0 fully saturated rings. The lowest BCUT2D eigenvalue weighted by Gasteiger charge is -2.04. The Morgan fingerprint density at radius 2 is 2.22 bits per heavy atom. The van der Waals surface area contributed by atoms with Crippen LogP contribution in [0.4, 0.5) is 11.5 Å². The summed E-state index contributed by atoms with van der Waals surface area (Å²) >= 11 is 5.83. The molecule has 0 aliphatic rings. The van der Waals surface area contributed by atoms with Crippen LogP contribution in [0.5, 0.6) is 5.88 Å². The zero-order valence-electron chi connectivity index (χ0n) is 9.94. The molecule has 0 unspecified atom stereocenters. The summed E-state index contributed by atoms with van der Waals surface area (Å²) < 4.78 is 6.71. The molecule has 0 atom stereocenters. The molecule has 0 saturated heterocycles. The lowest BCUT2D eigenvalue weighted by atomic mass is 10.2. The average molecular weight is 263 g/mol. The molecule has 0 saturated carbocycles. The second-order valence-corrected chi connectivity index (χ2v) is 4.06. The fourth-order valence-electron chi connectivity index (χ4n) is 1.56. The second-order valence-electron chi connectivity index (χ2n) is 3.62. The van der Waals surface area contributed by atoms with Crippen LogP contribution in [0.2, 0.25) is 5.02 Å². The molecule has 1 aromatic heterocycles. The van der Waals surface area contributed by atoms with E-state index >= 15 is 0 Å². The van der Waals surface area contributed by atoms with Gasteiger partial charge in [0.2, 0.25) is 5.88 Å². The van der Waals surface area contributed by atoms with Crippen LogP contribution in [-0.2, 0) is 7.05 Å². The van der Waals surface area contributed by atoms with E-state index in [1.807, 2.05) is 0 Å². The van der Waals surface area contributed by atoms with Crippen molar-refractivity contribution in [2.45, 2.75) is 0 Å². The minimum atomic E-state index is 0.465. The Hall–Kier alpha value is -2.19. The average Bonchev–Trinajstić information content (AvgIpc) is 2.71. The molecular weight excluding hydrogens is 252 g/mol. The highest BCUT2D eigenvalue weighted by molar-refractivity contribution is 6.30. The summed E-state index contributed by atoms with van der Waals surface area (Å²) in [5, 5.41) is 16.8. The third-order valence-electron chi connectivity index (χ3n) is 2.41. The molecule has 18 heavy (non-hydrogen) atoms. The quantitative estimate of drug-likeness (QED) is 0.924. The summed E-state index contributed by atoms with van der Waals surface area (Å²) in [6, 6.07) is 8.88. The van der Waals surface area contributed by atoms with Crippen molar-refractivity contribution >= 4 is 23.1 Å². The van der Waals surface area contributed by atoms with Crippen molar-refractivity contribution < 1.29 is 4.74 Å². The molecule has 92 valence electrons. The monoisotopic (exact) mass is 262 g/mol. The first kappa shape index (κ1) is 12.3. The maximum atomic E-state index is 9.03. The maximum absolute atomic E-state index is 9.03. The van der Waals surface area contributed by atoms with E-state index in [2.05, 4.69) is 16.5 Å². The number of anilines is 2. The van der Waals surface area contributed by atoms with Crippen molar-refractivity contribution in [2.24, 2.45) is 7.05 Å². The lowest BCUT2D eigenvalue weighted by molar-refractivity contribution is 0.373. The van der Waals surface area contributed by atoms with Crippen LogP contribution in [0.15, 0.2) is 24.3 Å². The van der Waals surface area contributed by atoms with E-state index in [0.717, 1.165) is 0 Å². The van der Waals surface area contributed by atoms with Gasteiger partial charge in [-0.1, -0.05) is 11.6 Å². The van der Waals surface area contributed by atoms with Crippen molar-refractivity contribution in [1.29, 1.82) is 5.26 Å². The van der Waals surface area contributed by atoms with Crippen molar-refractivity contribution in [3.8, 4) is 11.9 Å². The van der Waals surface area contributed by atoms with Crippen LogP contribution < -0.4 is 10.1 Å². The van der Waals surface area contributed by atoms with Gasteiger partial charge >= 0.3 is 0 Å². The van der Waals surface area contributed by atoms with Gasteiger partial charge in [-0.3, -0.25) is 0 Å². The fraction of sp³-hybridized carbons (Fsp3) is 0.167. The van der Waals surface area contributed by atoms with E-state index in [1.54, 1.807) is 43.1 Å². The van der Waals surface area contributed by atoms with Crippen LogP contribution in [0.1, 0.15) is 5.56 Å². The van der Waals surface area contributed by atoms with E-state index in [9.17, 15) is 0 Å². The summed E-state index contributed by atoms with van der Waals surface area (Å²) in [6.07, 6.45) is 0. The van der Waals surface area contributed by atoms with Crippen molar-refractivity contribution in [2.75, 3.05) is 12.4 Å². The third kappa shape index (κ3) is 2.39. The molecule has 2 rings (SSSR count). The molecule has 2 aromatic rings. The maximum Gasteiger partial charge on any atom is 0.213 e. The second kappa shape index (κ2) is 4.98. The number of nitriles is 1. The standard InChI is InChI=1S/C12H11ClN4O/c1-17-12(18-2)6-11(16-17)15-10-4-3-9(13)5-8(10)7-14/h3-6H,1-2H3,(H,15,16). The van der Waals surface area contributed by atoms with Gasteiger partial charge in [0.15, 0.2) is 5.82 Å². The Labute approximate surface area is 110 Å². The van der Waals surface area contributed by atoms with E-state index in [-0.39, 0.29) is 0 Å². The van der Waals surface area contributed by atoms with Gasteiger partial charge in [0.1, 0.15) is 6.07 Å². The number of ether oxygens (including phenoxy) is 1. The molecular formula is C12H11ClN4O. The van der Waals surface area contributed by atoms with E-state index in [4.69, 9.17) is 21.6 Å². The van der Waals surface area contributed by atoms with Crippen LogP contribution >= 0.6 is 11.6 Å². The van der Waals surface area contributed by atoms with Crippen molar-refractivity contribution in [1.82, 2.24) is 9.78 Å². The van der Waals surface area contributed by atoms with Gasteiger partial charge in [0.05, 0.1) is 18.4 Å². The SMILES string of the molecule is COc1cc(Nc2ccc(Cl)cc2C#N)nn1C. The van der Waals surface area contributed by atoms with Crippen LogP contribution in [0, 0.1) is 11.3 Å². The number of nitrogens with zero attached hydrogens (tertiary/aromatic N) is 3. The largest absolute Gasteiger partial charge is 0.481 e. The smallest absolute Gasteiger partial charge is 0.213 e. The number of hydrogen-bond acceptors (Lipinski definition) is 4. The van der Waals surface area contributed by atoms with Gasteiger partial charge in [-0.05, 0) is 18.2 Å². The lowest BCUT2D eigenvalue weighted by Crippen LogP contribution is -1.97. The number of hydrogen-bond donors (Lipinski definition) is 1. The zero-order chi connectivity index (χ0) is 13.1. The normalized spacial score (nSPS) is 9.89. The Morgan fingerprint density at radius 1 is 1.44 bits per heavy atom. The Balaban J connectivity index is 2.31. The molecule has 0 bridgehead atoms. The first-order chi connectivity index (χ1) is 8.63. The molecule has 0 amide bonds. The molecule has 0 radical (unpaired) electrons. The molecule has 6 heteroatoms. The third-order valence-corrected chi connectivity index (χ3v) is 2.65.